The lowest BCUT2D eigenvalue weighted by atomic mass is 9.97. The van der Waals surface area contributed by atoms with Crippen LogP contribution in [0.2, 0.25) is 0 Å². The Hall–Kier alpha value is -1.61. The Labute approximate surface area is 108 Å². The van der Waals surface area contributed by atoms with Gasteiger partial charge in [0.25, 0.3) is 0 Å². The van der Waals surface area contributed by atoms with Crippen LogP contribution in [0.15, 0.2) is 42.7 Å². The Balaban J connectivity index is 2.40. The molecule has 3 heteroatoms. The normalized spacial score (nSPS) is 13.6. The van der Waals surface area contributed by atoms with Crippen molar-refractivity contribution in [3.05, 3.63) is 48.2 Å². The van der Waals surface area contributed by atoms with Gasteiger partial charge in [-0.15, -0.1) is 0 Å². The van der Waals surface area contributed by atoms with E-state index in [2.05, 4.69) is 0 Å². The molecule has 1 rings (SSSR count). The number of esters is 1. The quantitative estimate of drug-likeness (QED) is 0.657. The zero-order valence-electron chi connectivity index (χ0n) is 11.1. The minimum Gasteiger partial charge on any atom is -0.434 e. The molecule has 0 spiro atoms. The first-order valence-electron chi connectivity index (χ1n) is 6.00. The van der Waals surface area contributed by atoms with Gasteiger partial charge in [0.15, 0.2) is 0 Å². The summed E-state index contributed by atoms with van der Waals surface area (Å²) >= 11 is 0. The van der Waals surface area contributed by atoms with Crippen LogP contribution in [0, 0.1) is 5.41 Å². The maximum absolute atomic E-state index is 11.4. The summed E-state index contributed by atoms with van der Waals surface area (Å²) in [6.07, 6.45) is 2.85. The number of carbonyl (C=O) groups is 1. The van der Waals surface area contributed by atoms with Crippen LogP contribution in [-0.4, -0.2) is 11.1 Å². The topological polar surface area (TPSA) is 46.5 Å². The molecule has 1 unspecified atom stereocenters. The summed E-state index contributed by atoms with van der Waals surface area (Å²) in [6, 6.07) is 9.38. The lowest BCUT2D eigenvalue weighted by Gasteiger charge is -2.14. The molecule has 0 saturated heterocycles. The predicted octanol–water partition coefficient (Wildman–Crippen LogP) is 3.21. The Morgan fingerprint density at radius 3 is 2.50 bits per heavy atom. The molecule has 0 radical (unpaired) electrons. The van der Waals surface area contributed by atoms with E-state index in [4.69, 9.17) is 4.74 Å². The van der Waals surface area contributed by atoms with Gasteiger partial charge in [-0.1, -0.05) is 30.3 Å². The molecule has 1 atom stereocenters. The van der Waals surface area contributed by atoms with Gasteiger partial charge in [-0.05, 0) is 38.8 Å². The van der Waals surface area contributed by atoms with Crippen molar-refractivity contribution in [2.45, 2.75) is 33.3 Å². The van der Waals surface area contributed by atoms with E-state index in [1.165, 1.54) is 6.26 Å². The van der Waals surface area contributed by atoms with Crippen molar-refractivity contribution in [2.75, 3.05) is 0 Å². The van der Waals surface area contributed by atoms with E-state index in [9.17, 15) is 9.90 Å². The SMILES string of the molecule is CC(C)(C)C(=O)O/C=C\CC(O)c1ccccc1. The van der Waals surface area contributed by atoms with Gasteiger partial charge in [0, 0.05) is 0 Å². The van der Waals surface area contributed by atoms with Crippen molar-refractivity contribution in [1.82, 2.24) is 0 Å². The maximum Gasteiger partial charge on any atom is 0.316 e. The molecule has 0 aromatic heterocycles. The van der Waals surface area contributed by atoms with Gasteiger partial charge in [0.1, 0.15) is 0 Å². The summed E-state index contributed by atoms with van der Waals surface area (Å²) < 4.78 is 4.96. The van der Waals surface area contributed by atoms with Gasteiger partial charge in [0.2, 0.25) is 0 Å². The molecule has 0 amide bonds. The van der Waals surface area contributed by atoms with Crippen molar-refractivity contribution < 1.29 is 14.6 Å². The van der Waals surface area contributed by atoms with E-state index >= 15 is 0 Å². The first-order valence-corrected chi connectivity index (χ1v) is 6.00. The Bertz CT molecular complexity index is 401. The lowest BCUT2D eigenvalue weighted by Crippen LogP contribution is -2.20. The summed E-state index contributed by atoms with van der Waals surface area (Å²) in [4.78, 5) is 11.4. The van der Waals surface area contributed by atoms with Crippen LogP contribution < -0.4 is 0 Å². The first kappa shape index (κ1) is 14.5. The number of aliphatic hydroxyl groups excluding tert-OH is 1. The summed E-state index contributed by atoms with van der Waals surface area (Å²) in [5.74, 6) is -0.284. The number of hydrogen-bond donors (Lipinski definition) is 1. The molecule has 1 aromatic carbocycles. The van der Waals surface area contributed by atoms with Crippen LogP contribution in [0.3, 0.4) is 0 Å². The van der Waals surface area contributed by atoms with Gasteiger partial charge in [-0.3, -0.25) is 4.79 Å². The average Bonchev–Trinajstić information content (AvgIpc) is 2.34. The van der Waals surface area contributed by atoms with Crippen LogP contribution >= 0.6 is 0 Å². The zero-order valence-corrected chi connectivity index (χ0v) is 11.1. The highest BCUT2D eigenvalue weighted by Crippen LogP contribution is 2.17. The van der Waals surface area contributed by atoms with Crippen molar-refractivity contribution >= 4 is 5.97 Å². The van der Waals surface area contributed by atoms with Crippen molar-refractivity contribution in [1.29, 1.82) is 0 Å². The number of rotatable bonds is 4. The summed E-state index contributed by atoms with van der Waals surface area (Å²) in [5.41, 5.74) is 0.340. The summed E-state index contributed by atoms with van der Waals surface area (Å²) in [7, 11) is 0. The summed E-state index contributed by atoms with van der Waals surface area (Å²) in [6.45, 7) is 5.38. The highest BCUT2D eigenvalue weighted by atomic mass is 16.5. The van der Waals surface area contributed by atoms with Gasteiger partial charge in [-0.2, -0.15) is 0 Å². The minimum absolute atomic E-state index is 0.284. The molecular weight excluding hydrogens is 228 g/mol. The van der Waals surface area contributed by atoms with E-state index in [1.807, 2.05) is 30.3 Å². The number of aliphatic hydroxyl groups is 1. The molecule has 0 saturated carbocycles. The molecule has 3 nitrogen and oxygen atoms in total. The molecule has 0 aliphatic heterocycles. The third-order valence-corrected chi connectivity index (χ3v) is 2.43. The fraction of sp³-hybridized carbons (Fsp3) is 0.400. The highest BCUT2D eigenvalue weighted by molar-refractivity contribution is 5.75. The summed E-state index contributed by atoms with van der Waals surface area (Å²) in [5, 5.41) is 9.85. The Kier molecular flexibility index (Phi) is 5.10. The fourth-order valence-electron chi connectivity index (χ4n) is 1.28. The molecule has 0 bridgehead atoms. The molecular formula is C15H20O3. The second kappa shape index (κ2) is 6.36. The largest absolute Gasteiger partial charge is 0.434 e. The van der Waals surface area contributed by atoms with E-state index < -0.39 is 11.5 Å². The highest BCUT2D eigenvalue weighted by Gasteiger charge is 2.22. The van der Waals surface area contributed by atoms with Crippen molar-refractivity contribution in [3.8, 4) is 0 Å². The van der Waals surface area contributed by atoms with E-state index in [-0.39, 0.29) is 5.97 Å². The molecule has 98 valence electrons. The van der Waals surface area contributed by atoms with Crippen molar-refractivity contribution in [2.24, 2.45) is 5.41 Å². The average molecular weight is 248 g/mol. The second-order valence-corrected chi connectivity index (χ2v) is 5.19. The monoisotopic (exact) mass is 248 g/mol. The van der Waals surface area contributed by atoms with E-state index in [1.54, 1.807) is 26.8 Å². The van der Waals surface area contributed by atoms with E-state index in [0.29, 0.717) is 6.42 Å². The number of carbonyl (C=O) groups excluding carboxylic acids is 1. The fourth-order valence-corrected chi connectivity index (χ4v) is 1.28. The van der Waals surface area contributed by atoms with Crippen molar-refractivity contribution in [3.63, 3.8) is 0 Å². The molecule has 0 heterocycles. The van der Waals surface area contributed by atoms with E-state index in [0.717, 1.165) is 5.56 Å². The van der Waals surface area contributed by atoms with Gasteiger partial charge >= 0.3 is 5.97 Å². The smallest absolute Gasteiger partial charge is 0.316 e. The molecule has 1 N–H and O–H groups in total. The molecule has 0 aliphatic carbocycles. The van der Waals surface area contributed by atoms with Gasteiger partial charge in [0.05, 0.1) is 17.8 Å². The number of benzene rings is 1. The molecule has 18 heavy (non-hydrogen) atoms. The van der Waals surface area contributed by atoms with Gasteiger partial charge < -0.3 is 9.84 Å². The second-order valence-electron chi connectivity index (χ2n) is 5.19. The predicted molar refractivity (Wildman–Crippen MR) is 70.7 cm³/mol. The number of ether oxygens (including phenoxy) is 1. The van der Waals surface area contributed by atoms with Crippen LogP contribution in [0.1, 0.15) is 38.9 Å². The third kappa shape index (κ3) is 4.72. The Morgan fingerprint density at radius 2 is 1.94 bits per heavy atom. The van der Waals surface area contributed by atoms with Gasteiger partial charge in [-0.25, -0.2) is 0 Å². The van der Waals surface area contributed by atoms with Crippen LogP contribution in [0.5, 0.6) is 0 Å². The zero-order chi connectivity index (χ0) is 13.6. The number of hydrogen-bond acceptors (Lipinski definition) is 3. The lowest BCUT2D eigenvalue weighted by molar-refractivity contribution is -0.146. The Morgan fingerprint density at radius 1 is 1.33 bits per heavy atom. The molecule has 0 aliphatic rings. The van der Waals surface area contributed by atoms with Crippen LogP contribution in [0.4, 0.5) is 0 Å². The molecule has 1 aromatic rings. The maximum atomic E-state index is 11.4. The molecule has 0 fully saturated rings. The first-order chi connectivity index (χ1) is 8.41. The van der Waals surface area contributed by atoms with Crippen LogP contribution in [0.25, 0.3) is 0 Å². The minimum atomic E-state index is -0.573. The standard InChI is InChI=1S/C15H20O3/c1-15(2,3)14(17)18-11-7-10-13(16)12-8-5-4-6-9-12/h4-9,11,13,16H,10H2,1-3H3/b11-7-. The van der Waals surface area contributed by atoms with Crippen LogP contribution in [-0.2, 0) is 9.53 Å². The third-order valence-electron chi connectivity index (χ3n) is 2.43.